The number of aryl methyl sites for hydroxylation is 1. The highest BCUT2D eigenvalue weighted by Crippen LogP contribution is 2.22. The van der Waals surface area contributed by atoms with Gasteiger partial charge in [0.15, 0.2) is 0 Å². The molecule has 130 valence electrons. The summed E-state index contributed by atoms with van der Waals surface area (Å²) in [6.45, 7) is 5.27. The number of pyridine rings is 1. The van der Waals surface area contributed by atoms with E-state index < -0.39 is 10.0 Å². The molecular weight excluding hydrogens is 328 g/mol. The Balaban J connectivity index is 1.74. The molecule has 0 spiro atoms. The first kappa shape index (κ1) is 17.1. The Hall–Kier alpha value is -1.77. The quantitative estimate of drug-likeness (QED) is 0.844. The van der Waals surface area contributed by atoms with E-state index in [2.05, 4.69) is 14.8 Å². The van der Waals surface area contributed by atoms with Crippen molar-refractivity contribution in [3.05, 3.63) is 42.0 Å². The van der Waals surface area contributed by atoms with Crippen LogP contribution in [0.4, 0.5) is 0 Å². The minimum absolute atomic E-state index is 0.101. The van der Waals surface area contributed by atoms with Crippen LogP contribution in [0.3, 0.4) is 0 Å². The van der Waals surface area contributed by atoms with E-state index in [4.69, 9.17) is 4.74 Å². The maximum absolute atomic E-state index is 12.7. The summed E-state index contributed by atoms with van der Waals surface area (Å²) in [6, 6.07) is 3.64. The molecule has 0 bridgehead atoms. The van der Waals surface area contributed by atoms with Crippen molar-refractivity contribution >= 4 is 10.0 Å². The van der Waals surface area contributed by atoms with Gasteiger partial charge in [-0.3, -0.25) is 9.67 Å². The fourth-order valence-corrected chi connectivity index (χ4v) is 4.49. The van der Waals surface area contributed by atoms with Crippen LogP contribution in [0.2, 0.25) is 0 Å². The molecule has 8 heteroatoms. The van der Waals surface area contributed by atoms with Gasteiger partial charge in [0.1, 0.15) is 4.90 Å². The Morgan fingerprint density at radius 3 is 2.75 bits per heavy atom. The van der Waals surface area contributed by atoms with Gasteiger partial charge in [-0.2, -0.15) is 5.10 Å². The number of nitrogens with zero attached hydrogens (tertiary/aromatic N) is 3. The molecule has 0 aliphatic carbocycles. The molecule has 2 atom stereocenters. The van der Waals surface area contributed by atoms with Crippen LogP contribution < -0.4 is 4.72 Å². The number of aromatic nitrogens is 3. The number of sulfonamides is 1. The van der Waals surface area contributed by atoms with E-state index in [-0.39, 0.29) is 16.9 Å². The first-order valence-corrected chi connectivity index (χ1v) is 9.51. The van der Waals surface area contributed by atoms with Gasteiger partial charge >= 0.3 is 0 Å². The lowest BCUT2D eigenvalue weighted by Gasteiger charge is -2.19. The van der Waals surface area contributed by atoms with E-state index in [1.807, 2.05) is 19.1 Å². The van der Waals surface area contributed by atoms with Crippen molar-refractivity contribution < 1.29 is 13.2 Å². The lowest BCUT2D eigenvalue weighted by molar-refractivity contribution is 0.183. The molecule has 7 nitrogen and oxygen atoms in total. The summed E-state index contributed by atoms with van der Waals surface area (Å²) in [5.41, 5.74) is 1.77. The first-order valence-electron chi connectivity index (χ1n) is 8.02. The van der Waals surface area contributed by atoms with Crippen molar-refractivity contribution in [2.24, 2.45) is 5.92 Å². The van der Waals surface area contributed by atoms with Crippen molar-refractivity contribution in [2.45, 2.75) is 37.8 Å². The molecule has 1 aliphatic rings. The second kappa shape index (κ2) is 7.00. The average Bonchev–Trinajstić information content (AvgIpc) is 3.15. The molecule has 3 rings (SSSR count). The van der Waals surface area contributed by atoms with Gasteiger partial charge in [0.05, 0.1) is 31.1 Å². The molecule has 2 aromatic heterocycles. The predicted octanol–water partition coefficient (Wildman–Crippen LogP) is 1.14. The van der Waals surface area contributed by atoms with Gasteiger partial charge in [-0.25, -0.2) is 13.1 Å². The zero-order valence-corrected chi connectivity index (χ0v) is 14.7. The van der Waals surface area contributed by atoms with Crippen molar-refractivity contribution in [2.75, 3.05) is 13.2 Å². The van der Waals surface area contributed by atoms with Crippen LogP contribution in [0.25, 0.3) is 0 Å². The van der Waals surface area contributed by atoms with Crippen molar-refractivity contribution in [1.29, 1.82) is 0 Å². The van der Waals surface area contributed by atoms with Crippen LogP contribution in [0, 0.1) is 12.8 Å². The molecule has 0 radical (unpaired) electrons. The number of hydrogen-bond donors (Lipinski definition) is 1. The largest absolute Gasteiger partial charge is 0.379 e. The Kier molecular flexibility index (Phi) is 4.98. The molecule has 1 saturated heterocycles. The predicted molar refractivity (Wildman–Crippen MR) is 89.0 cm³/mol. The van der Waals surface area contributed by atoms with Gasteiger partial charge in [0, 0.05) is 24.9 Å². The Morgan fingerprint density at radius 2 is 2.08 bits per heavy atom. The minimum atomic E-state index is -3.61. The van der Waals surface area contributed by atoms with Gasteiger partial charge < -0.3 is 4.74 Å². The molecular formula is C16H22N4O3S. The molecule has 1 fully saturated rings. The SMILES string of the molecule is CCn1ncc(S(=O)(=O)N[C@@H]2COC[C@H]2Cc2ccncc2)c1C. The maximum Gasteiger partial charge on any atom is 0.244 e. The summed E-state index contributed by atoms with van der Waals surface area (Å²) in [6.07, 6.45) is 5.65. The van der Waals surface area contributed by atoms with E-state index in [1.54, 1.807) is 24.0 Å². The Bertz CT molecular complexity index is 789. The number of nitrogens with one attached hydrogen (secondary N) is 1. The monoisotopic (exact) mass is 350 g/mol. The van der Waals surface area contributed by atoms with Crippen LogP contribution >= 0.6 is 0 Å². The summed E-state index contributed by atoms with van der Waals surface area (Å²) in [7, 11) is -3.61. The van der Waals surface area contributed by atoms with Crippen LogP contribution in [-0.4, -0.2) is 42.4 Å². The molecule has 1 aliphatic heterocycles. The minimum Gasteiger partial charge on any atom is -0.379 e. The third-order valence-corrected chi connectivity index (χ3v) is 5.99. The zero-order chi connectivity index (χ0) is 17.2. The van der Waals surface area contributed by atoms with Crippen molar-refractivity contribution in [3.8, 4) is 0 Å². The van der Waals surface area contributed by atoms with E-state index in [1.165, 1.54) is 6.20 Å². The Morgan fingerprint density at radius 1 is 1.33 bits per heavy atom. The van der Waals surface area contributed by atoms with E-state index >= 15 is 0 Å². The maximum atomic E-state index is 12.7. The lowest BCUT2D eigenvalue weighted by Crippen LogP contribution is -2.40. The van der Waals surface area contributed by atoms with Crippen molar-refractivity contribution in [1.82, 2.24) is 19.5 Å². The topological polar surface area (TPSA) is 86.1 Å². The van der Waals surface area contributed by atoms with E-state index in [0.29, 0.717) is 25.5 Å². The van der Waals surface area contributed by atoms with Gasteiger partial charge in [0.2, 0.25) is 10.0 Å². The summed E-state index contributed by atoms with van der Waals surface area (Å²) >= 11 is 0. The molecule has 0 amide bonds. The molecule has 0 unspecified atom stereocenters. The smallest absolute Gasteiger partial charge is 0.244 e. The number of ether oxygens (including phenoxy) is 1. The highest BCUT2D eigenvalue weighted by atomic mass is 32.2. The second-order valence-electron chi connectivity index (χ2n) is 5.99. The summed E-state index contributed by atoms with van der Waals surface area (Å²) in [5, 5.41) is 4.12. The van der Waals surface area contributed by atoms with Crippen molar-refractivity contribution in [3.63, 3.8) is 0 Å². The fourth-order valence-electron chi connectivity index (χ4n) is 3.03. The second-order valence-corrected chi connectivity index (χ2v) is 7.68. The fraction of sp³-hybridized carbons (Fsp3) is 0.500. The molecule has 0 aromatic carbocycles. The molecule has 0 saturated carbocycles. The molecule has 24 heavy (non-hydrogen) atoms. The van der Waals surface area contributed by atoms with Crippen LogP contribution in [0.5, 0.6) is 0 Å². The standard InChI is InChI=1S/C16H22N4O3S/c1-3-20-12(2)16(9-18-20)24(21,22)19-15-11-23-10-14(15)8-13-4-6-17-7-5-13/h4-7,9,14-15,19H,3,8,10-11H2,1-2H3/t14-,15-/m1/s1. The van der Waals surface area contributed by atoms with E-state index in [9.17, 15) is 8.42 Å². The molecule has 1 N–H and O–H groups in total. The lowest BCUT2D eigenvalue weighted by atomic mass is 9.96. The van der Waals surface area contributed by atoms with Gasteiger partial charge in [0.25, 0.3) is 0 Å². The highest BCUT2D eigenvalue weighted by molar-refractivity contribution is 7.89. The highest BCUT2D eigenvalue weighted by Gasteiger charge is 2.33. The third kappa shape index (κ3) is 3.50. The average molecular weight is 350 g/mol. The van der Waals surface area contributed by atoms with Crippen LogP contribution in [-0.2, 0) is 27.7 Å². The normalized spacial score (nSPS) is 21.2. The van der Waals surface area contributed by atoms with Gasteiger partial charge in [-0.1, -0.05) is 0 Å². The Labute approximate surface area is 142 Å². The molecule has 3 heterocycles. The zero-order valence-electron chi connectivity index (χ0n) is 13.8. The molecule has 2 aromatic rings. The van der Waals surface area contributed by atoms with E-state index in [0.717, 1.165) is 12.0 Å². The van der Waals surface area contributed by atoms with Crippen LogP contribution in [0.1, 0.15) is 18.2 Å². The van der Waals surface area contributed by atoms with Gasteiger partial charge in [-0.15, -0.1) is 0 Å². The summed E-state index contributed by atoms with van der Waals surface area (Å²) in [4.78, 5) is 4.24. The van der Waals surface area contributed by atoms with Crippen LogP contribution in [0.15, 0.2) is 35.6 Å². The number of rotatable bonds is 6. The number of hydrogen-bond acceptors (Lipinski definition) is 5. The summed E-state index contributed by atoms with van der Waals surface area (Å²) < 4.78 is 35.4. The van der Waals surface area contributed by atoms with Gasteiger partial charge in [-0.05, 0) is 38.0 Å². The summed E-state index contributed by atoms with van der Waals surface area (Å²) in [5.74, 6) is 0.101. The first-order chi connectivity index (χ1) is 11.5. The third-order valence-electron chi connectivity index (χ3n) is 4.40.